The summed E-state index contributed by atoms with van der Waals surface area (Å²) in [5.41, 5.74) is 1.11. The summed E-state index contributed by atoms with van der Waals surface area (Å²) >= 11 is 1.51. The zero-order valence-electron chi connectivity index (χ0n) is 28.8. The highest BCUT2D eigenvalue weighted by atomic mass is 32.2. The molecule has 0 heterocycles. The molecule has 0 amide bonds. The average Bonchev–Trinajstić information content (AvgIpc) is 2.99. The number of methoxy groups -OCH3 is 1. The molecule has 42 heavy (non-hydrogen) atoms. The summed E-state index contributed by atoms with van der Waals surface area (Å²) in [6.07, 6.45) is 16.5. The summed E-state index contributed by atoms with van der Waals surface area (Å²) in [4.78, 5) is 11.9. The summed E-state index contributed by atoms with van der Waals surface area (Å²) in [5.74, 6) is 2.04. The molecule has 0 N–H and O–H groups in total. The second-order valence-electron chi connectivity index (χ2n) is 10.9. The van der Waals surface area contributed by atoms with E-state index in [-0.39, 0.29) is 12.1 Å². The maximum atomic E-state index is 11.9. The van der Waals surface area contributed by atoms with Gasteiger partial charge < -0.3 is 18.9 Å². The fraction of sp³-hybridized carbons (Fsp3) is 0.806. The number of esters is 1. The zero-order valence-corrected chi connectivity index (χ0v) is 29.7. The summed E-state index contributed by atoms with van der Waals surface area (Å²) in [7, 11) is 1.65. The van der Waals surface area contributed by atoms with E-state index in [1.165, 1.54) is 69.5 Å². The van der Waals surface area contributed by atoms with Crippen LogP contribution in [0.3, 0.4) is 0 Å². The van der Waals surface area contributed by atoms with Gasteiger partial charge in [0.25, 0.3) is 0 Å². The van der Waals surface area contributed by atoms with Crippen LogP contribution in [0.5, 0.6) is 5.75 Å². The monoisotopic (exact) mass is 612 g/mol. The number of hydrogen-bond donors (Lipinski definition) is 0. The molecule has 0 saturated carbocycles. The van der Waals surface area contributed by atoms with Gasteiger partial charge in [0.1, 0.15) is 5.75 Å². The van der Waals surface area contributed by atoms with Gasteiger partial charge >= 0.3 is 5.97 Å². The van der Waals surface area contributed by atoms with E-state index >= 15 is 0 Å². The van der Waals surface area contributed by atoms with Gasteiger partial charge in [-0.25, -0.2) is 0 Å². The Balaban J connectivity index is 0. The van der Waals surface area contributed by atoms with Crippen molar-refractivity contribution in [3.05, 3.63) is 29.8 Å². The molecule has 0 fully saturated rings. The highest BCUT2D eigenvalue weighted by Gasteiger charge is 2.12. The highest BCUT2D eigenvalue weighted by molar-refractivity contribution is 7.99. The molecule has 5 nitrogen and oxygen atoms in total. The molecule has 0 aliphatic heterocycles. The largest absolute Gasteiger partial charge is 0.426 e. The van der Waals surface area contributed by atoms with E-state index in [9.17, 15) is 4.79 Å². The fourth-order valence-corrected chi connectivity index (χ4v) is 4.53. The van der Waals surface area contributed by atoms with Crippen LogP contribution in [0.2, 0.25) is 0 Å². The number of thioether (sulfide) groups is 1. The normalized spacial score (nSPS) is 12.0. The third-order valence-electron chi connectivity index (χ3n) is 6.75. The number of unbranched alkanes of at least 4 members (excludes halogenated alkanes) is 7. The average molecular weight is 613 g/mol. The minimum Gasteiger partial charge on any atom is -0.426 e. The van der Waals surface area contributed by atoms with Gasteiger partial charge in [0.05, 0.1) is 18.5 Å². The minimum absolute atomic E-state index is 0.0624. The Hall–Kier alpha value is -1.08. The molecule has 2 unspecified atom stereocenters. The van der Waals surface area contributed by atoms with Crippen LogP contribution in [0.15, 0.2) is 24.3 Å². The van der Waals surface area contributed by atoms with Crippen molar-refractivity contribution in [3.63, 3.8) is 0 Å². The molecule has 1 aromatic carbocycles. The third-order valence-corrected chi connectivity index (χ3v) is 7.64. The van der Waals surface area contributed by atoms with Crippen molar-refractivity contribution >= 4 is 17.7 Å². The maximum Gasteiger partial charge on any atom is 0.321 e. The molecule has 2 atom stereocenters. The lowest BCUT2D eigenvalue weighted by Gasteiger charge is -2.19. The first kappa shape index (κ1) is 43.0. The van der Waals surface area contributed by atoms with Crippen LogP contribution < -0.4 is 4.74 Å². The van der Waals surface area contributed by atoms with Crippen molar-refractivity contribution in [1.29, 1.82) is 0 Å². The van der Waals surface area contributed by atoms with Gasteiger partial charge in [-0.15, -0.1) is 11.8 Å². The topological polar surface area (TPSA) is 54.0 Å². The predicted molar refractivity (Wildman–Crippen MR) is 184 cm³/mol. The molecule has 0 aromatic heterocycles. The Kier molecular flexibility index (Phi) is 35.3. The van der Waals surface area contributed by atoms with Crippen LogP contribution in [0.4, 0.5) is 0 Å². The van der Waals surface area contributed by atoms with Crippen LogP contribution in [-0.2, 0) is 19.0 Å². The molecular weight excluding hydrogens is 544 g/mol. The lowest BCUT2D eigenvalue weighted by Crippen LogP contribution is -2.12. The van der Waals surface area contributed by atoms with Crippen molar-refractivity contribution in [1.82, 2.24) is 0 Å². The summed E-state index contributed by atoms with van der Waals surface area (Å²) in [6.45, 7) is 18.6. The molecule has 6 heteroatoms. The Morgan fingerprint density at radius 3 is 1.86 bits per heavy atom. The van der Waals surface area contributed by atoms with Crippen LogP contribution in [-0.4, -0.2) is 51.0 Å². The van der Waals surface area contributed by atoms with Crippen LogP contribution >= 0.6 is 11.8 Å². The van der Waals surface area contributed by atoms with Crippen LogP contribution in [0.25, 0.3) is 0 Å². The number of rotatable bonds is 24. The fourth-order valence-electron chi connectivity index (χ4n) is 3.88. The van der Waals surface area contributed by atoms with E-state index in [1.54, 1.807) is 7.11 Å². The lowest BCUT2D eigenvalue weighted by molar-refractivity contribution is -0.131. The first-order valence-electron chi connectivity index (χ1n) is 17.0. The van der Waals surface area contributed by atoms with Crippen molar-refractivity contribution in [2.24, 2.45) is 5.92 Å². The van der Waals surface area contributed by atoms with Gasteiger partial charge in [-0.05, 0) is 49.3 Å². The number of carbonyl (C=O) groups excluding carboxylic acids is 1. The number of carbonyl (C=O) groups is 1. The summed E-state index contributed by atoms with van der Waals surface area (Å²) in [6, 6.07) is 7.66. The lowest BCUT2D eigenvalue weighted by atomic mass is 10.0. The van der Waals surface area contributed by atoms with E-state index in [2.05, 4.69) is 48.5 Å². The van der Waals surface area contributed by atoms with Gasteiger partial charge in [0, 0.05) is 32.7 Å². The molecule has 0 saturated heterocycles. The molecule has 248 valence electrons. The Morgan fingerprint density at radius 1 is 0.738 bits per heavy atom. The SMILES string of the molecule is CCCCC.CCCCCCC.CCCCOCCC(C)CCOC(CC)c1ccc(OC(=O)CSCCOC)cc1. The van der Waals surface area contributed by atoms with E-state index < -0.39 is 0 Å². The van der Waals surface area contributed by atoms with Crippen molar-refractivity contribution in [2.75, 3.05) is 45.0 Å². The summed E-state index contributed by atoms with van der Waals surface area (Å²) < 4.78 is 22.1. The molecule has 0 aliphatic carbocycles. The Bertz CT molecular complexity index is 661. The highest BCUT2D eigenvalue weighted by Crippen LogP contribution is 2.24. The Labute approximate surface area is 265 Å². The number of benzene rings is 1. The second kappa shape index (κ2) is 34.4. The van der Waals surface area contributed by atoms with Gasteiger partial charge in [-0.3, -0.25) is 4.79 Å². The quantitative estimate of drug-likeness (QED) is 0.0657. The molecule has 0 radical (unpaired) electrons. The van der Waals surface area contributed by atoms with Crippen molar-refractivity contribution in [2.45, 2.75) is 138 Å². The van der Waals surface area contributed by atoms with Gasteiger partial charge in [-0.2, -0.15) is 0 Å². The van der Waals surface area contributed by atoms with E-state index in [4.69, 9.17) is 18.9 Å². The van der Waals surface area contributed by atoms with Gasteiger partial charge in [0.15, 0.2) is 0 Å². The first-order valence-corrected chi connectivity index (χ1v) is 18.2. The van der Waals surface area contributed by atoms with E-state index in [0.717, 1.165) is 56.8 Å². The second-order valence-corrected chi connectivity index (χ2v) is 12.0. The smallest absolute Gasteiger partial charge is 0.321 e. The molecule has 0 aliphatic rings. The van der Waals surface area contributed by atoms with E-state index in [0.29, 0.717) is 24.0 Å². The zero-order chi connectivity index (χ0) is 31.7. The predicted octanol–water partition coefficient (Wildman–Crippen LogP) is 10.8. The maximum absolute atomic E-state index is 11.9. The van der Waals surface area contributed by atoms with Crippen LogP contribution in [0, 0.1) is 5.92 Å². The van der Waals surface area contributed by atoms with Crippen LogP contribution in [0.1, 0.15) is 144 Å². The van der Waals surface area contributed by atoms with Crippen molar-refractivity contribution in [3.8, 4) is 5.75 Å². The van der Waals surface area contributed by atoms with Crippen molar-refractivity contribution < 1.29 is 23.7 Å². The molecule has 1 rings (SSSR count). The first-order chi connectivity index (χ1) is 20.4. The minimum atomic E-state index is -0.236. The molecular formula is C36H68O5S. The summed E-state index contributed by atoms with van der Waals surface area (Å²) in [5, 5.41) is 0. The Morgan fingerprint density at radius 2 is 1.33 bits per heavy atom. The van der Waals surface area contributed by atoms with Gasteiger partial charge in [-0.1, -0.05) is 118 Å². The van der Waals surface area contributed by atoms with E-state index in [1.807, 2.05) is 24.3 Å². The third kappa shape index (κ3) is 29.0. The standard InChI is InChI=1S/C24H40O5S.C7H16.C5H12/c1-5-7-14-27-15-12-20(3)13-16-28-23(6-2)21-8-10-22(11-9-21)29-24(25)19-30-18-17-26-4;1-3-5-7-6-4-2;1-3-5-4-2/h8-11,20,23H,5-7,12-19H2,1-4H3;3-7H2,1-2H3;3-5H2,1-2H3. The molecule has 1 aromatic rings. The number of ether oxygens (including phenoxy) is 4. The number of hydrogen-bond acceptors (Lipinski definition) is 6. The molecule has 0 bridgehead atoms. The molecule has 0 spiro atoms. The van der Waals surface area contributed by atoms with Gasteiger partial charge in [0.2, 0.25) is 0 Å².